The van der Waals surface area contributed by atoms with Crippen molar-refractivity contribution in [2.75, 3.05) is 36.9 Å². The van der Waals surface area contributed by atoms with Gasteiger partial charge >= 0.3 is 6.18 Å². The van der Waals surface area contributed by atoms with Crippen LogP contribution in [0.15, 0.2) is 35.7 Å². The summed E-state index contributed by atoms with van der Waals surface area (Å²) in [5, 5.41) is 4.87. The molecule has 1 aliphatic heterocycles. The Hall–Kier alpha value is -2.22. The molecule has 1 aliphatic rings. The summed E-state index contributed by atoms with van der Waals surface area (Å²) < 4.78 is 39.3. The minimum Gasteiger partial charge on any atom is -0.374 e. The van der Waals surface area contributed by atoms with Gasteiger partial charge in [-0.3, -0.25) is 4.79 Å². The zero-order valence-electron chi connectivity index (χ0n) is 15.1. The van der Waals surface area contributed by atoms with Crippen molar-refractivity contribution in [3.05, 3.63) is 46.2 Å². The molecule has 0 saturated carbocycles. The first-order chi connectivity index (χ1) is 12.8. The van der Waals surface area contributed by atoms with Gasteiger partial charge in [-0.25, -0.2) is 0 Å². The zero-order valence-corrected chi connectivity index (χ0v) is 15.9. The van der Waals surface area contributed by atoms with E-state index < -0.39 is 11.7 Å². The fraction of sp³-hybridized carbons (Fsp3) is 0.421. The Kier molecular flexibility index (Phi) is 5.94. The molecule has 0 radical (unpaired) electrons. The molecular formula is C19H22F3N3OS. The van der Waals surface area contributed by atoms with E-state index in [1.54, 1.807) is 23.3 Å². The van der Waals surface area contributed by atoms with Crippen LogP contribution >= 0.6 is 11.3 Å². The number of rotatable bonds is 6. The average molecular weight is 397 g/mol. The Balaban J connectivity index is 1.72. The van der Waals surface area contributed by atoms with Gasteiger partial charge in [0, 0.05) is 25.0 Å². The predicted molar refractivity (Wildman–Crippen MR) is 102 cm³/mol. The zero-order chi connectivity index (χ0) is 19.4. The Labute approximate surface area is 160 Å². The van der Waals surface area contributed by atoms with E-state index in [4.69, 9.17) is 0 Å². The van der Waals surface area contributed by atoms with Crippen LogP contribution in [0.1, 0.15) is 23.3 Å². The summed E-state index contributed by atoms with van der Waals surface area (Å²) in [7, 11) is 1.69. The lowest BCUT2D eigenvalue weighted by Gasteiger charge is -2.24. The maximum absolute atomic E-state index is 13.1. The largest absolute Gasteiger partial charge is 0.416 e. The van der Waals surface area contributed by atoms with E-state index in [2.05, 4.69) is 10.2 Å². The SMILES string of the molecule is CN(Cc1cccs1)C(=O)CNc1cc(C(F)(F)F)ccc1N1CCCC1. The standard InChI is InChI=1S/C19H22F3N3OS/c1-24(13-15-5-4-10-27-15)18(26)12-23-16-11-14(19(20,21)22)6-7-17(16)25-8-2-3-9-25/h4-7,10-11,23H,2-3,8-9,12-13H2,1H3. The van der Waals surface area contributed by atoms with Crippen molar-refractivity contribution in [1.82, 2.24) is 4.90 Å². The van der Waals surface area contributed by atoms with Crippen LogP contribution in [-0.2, 0) is 17.5 Å². The number of alkyl halides is 3. The van der Waals surface area contributed by atoms with E-state index in [0.717, 1.165) is 42.9 Å². The minimum absolute atomic E-state index is 0.0516. The highest BCUT2D eigenvalue weighted by Gasteiger charge is 2.31. The highest BCUT2D eigenvalue weighted by molar-refractivity contribution is 7.09. The van der Waals surface area contributed by atoms with Gasteiger partial charge in [-0.05, 0) is 42.5 Å². The number of hydrogen-bond acceptors (Lipinski definition) is 4. The van der Waals surface area contributed by atoms with Crippen LogP contribution in [0, 0.1) is 0 Å². The second kappa shape index (κ2) is 8.21. The van der Waals surface area contributed by atoms with Crippen molar-refractivity contribution in [2.45, 2.75) is 25.6 Å². The molecule has 2 heterocycles. The maximum Gasteiger partial charge on any atom is 0.416 e. The smallest absolute Gasteiger partial charge is 0.374 e. The third kappa shape index (κ3) is 4.94. The lowest BCUT2D eigenvalue weighted by molar-refractivity contribution is -0.137. The minimum atomic E-state index is -4.42. The van der Waals surface area contributed by atoms with E-state index in [0.29, 0.717) is 17.9 Å². The van der Waals surface area contributed by atoms with Crippen LogP contribution in [0.25, 0.3) is 0 Å². The molecule has 0 spiro atoms. The normalized spacial score (nSPS) is 14.4. The van der Waals surface area contributed by atoms with Gasteiger partial charge < -0.3 is 15.1 Å². The van der Waals surface area contributed by atoms with Gasteiger partial charge in [-0.15, -0.1) is 11.3 Å². The molecule has 1 fully saturated rings. The van der Waals surface area contributed by atoms with Crippen LogP contribution in [0.3, 0.4) is 0 Å². The fourth-order valence-corrected chi connectivity index (χ4v) is 3.88. The number of nitrogens with one attached hydrogen (secondary N) is 1. The lowest BCUT2D eigenvalue weighted by Crippen LogP contribution is -2.32. The topological polar surface area (TPSA) is 35.6 Å². The second-order valence-corrected chi connectivity index (χ2v) is 7.64. The molecule has 3 rings (SSSR count). The molecular weight excluding hydrogens is 375 g/mol. The summed E-state index contributed by atoms with van der Waals surface area (Å²) in [4.78, 5) is 17.1. The Morgan fingerprint density at radius 2 is 2.00 bits per heavy atom. The number of halogens is 3. The number of thiophene rings is 1. The number of amides is 1. The molecule has 1 amide bonds. The Morgan fingerprint density at radius 1 is 1.26 bits per heavy atom. The predicted octanol–water partition coefficient (Wildman–Crippen LogP) is 4.44. The van der Waals surface area contributed by atoms with Crippen molar-refractivity contribution in [3.63, 3.8) is 0 Å². The number of carbonyl (C=O) groups excluding carboxylic acids is 1. The summed E-state index contributed by atoms with van der Waals surface area (Å²) in [6.07, 6.45) is -2.38. The first-order valence-corrected chi connectivity index (χ1v) is 9.69. The molecule has 0 unspecified atom stereocenters. The molecule has 1 aromatic carbocycles. The van der Waals surface area contributed by atoms with Crippen LogP contribution < -0.4 is 10.2 Å². The summed E-state index contributed by atoms with van der Waals surface area (Å²) in [6, 6.07) is 7.56. The van der Waals surface area contributed by atoms with Crippen molar-refractivity contribution >= 4 is 28.6 Å². The number of anilines is 2. The van der Waals surface area contributed by atoms with E-state index in [1.807, 2.05) is 17.5 Å². The second-order valence-electron chi connectivity index (χ2n) is 6.61. The first-order valence-electron chi connectivity index (χ1n) is 8.81. The van der Waals surface area contributed by atoms with Gasteiger partial charge in [-0.2, -0.15) is 13.2 Å². The summed E-state index contributed by atoms with van der Waals surface area (Å²) in [5.41, 5.74) is 0.353. The van der Waals surface area contributed by atoms with Gasteiger partial charge in [-0.1, -0.05) is 6.07 Å². The van der Waals surface area contributed by atoms with Crippen molar-refractivity contribution < 1.29 is 18.0 Å². The van der Waals surface area contributed by atoms with Gasteiger partial charge in [0.2, 0.25) is 5.91 Å². The number of benzene rings is 1. The van der Waals surface area contributed by atoms with E-state index in [9.17, 15) is 18.0 Å². The van der Waals surface area contributed by atoms with E-state index in [-0.39, 0.29) is 12.5 Å². The summed E-state index contributed by atoms with van der Waals surface area (Å²) >= 11 is 1.56. The molecule has 2 aromatic rings. The Bertz CT molecular complexity index is 771. The number of nitrogens with zero attached hydrogens (tertiary/aromatic N) is 2. The van der Waals surface area contributed by atoms with Gasteiger partial charge in [0.05, 0.1) is 30.0 Å². The molecule has 1 saturated heterocycles. The first kappa shape index (κ1) is 19.5. The van der Waals surface area contributed by atoms with Crippen LogP contribution in [-0.4, -0.2) is 37.5 Å². The quantitative estimate of drug-likeness (QED) is 0.783. The molecule has 4 nitrogen and oxygen atoms in total. The van der Waals surface area contributed by atoms with E-state index in [1.165, 1.54) is 6.07 Å². The van der Waals surface area contributed by atoms with Gasteiger partial charge in [0.15, 0.2) is 0 Å². The average Bonchev–Trinajstić information content (AvgIpc) is 3.32. The molecule has 8 heteroatoms. The number of carbonyl (C=O) groups is 1. The van der Waals surface area contributed by atoms with Crippen molar-refractivity contribution in [3.8, 4) is 0 Å². The molecule has 1 N–H and O–H groups in total. The van der Waals surface area contributed by atoms with Crippen LogP contribution in [0.4, 0.5) is 24.5 Å². The van der Waals surface area contributed by atoms with Crippen LogP contribution in [0.5, 0.6) is 0 Å². The molecule has 0 atom stereocenters. The lowest BCUT2D eigenvalue weighted by atomic mass is 10.1. The molecule has 146 valence electrons. The summed E-state index contributed by atoms with van der Waals surface area (Å²) in [6.45, 7) is 2.06. The fourth-order valence-electron chi connectivity index (χ4n) is 3.12. The molecule has 0 bridgehead atoms. The monoisotopic (exact) mass is 397 g/mol. The summed E-state index contributed by atoms with van der Waals surface area (Å²) in [5.74, 6) is -0.173. The van der Waals surface area contributed by atoms with E-state index >= 15 is 0 Å². The van der Waals surface area contributed by atoms with Crippen molar-refractivity contribution in [1.29, 1.82) is 0 Å². The third-order valence-electron chi connectivity index (χ3n) is 4.60. The van der Waals surface area contributed by atoms with Gasteiger partial charge in [0.25, 0.3) is 0 Å². The van der Waals surface area contributed by atoms with Gasteiger partial charge in [0.1, 0.15) is 0 Å². The maximum atomic E-state index is 13.1. The molecule has 27 heavy (non-hydrogen) atoms. The Morgan fingerprint density at radius 3 is 2.63 bits per heavy atom. The number of likely N-dealkylation sites (N-methyl/N-ethyl adjacent to an activating group) is 1. The van der Waals surface area contributed by atoms with Crippen LogP contribution in [0.2, 0.25) is 0 Å². The molecule has 1 aromatic heterocycles. The molecule has 0 aliphatic carbocycles. The highest BCUT2D eigenvalue weighted by atomic mass is 32.1. The third-order valence-corrected chi connectivity index (χ3v) is 5.46. The van der Waals surface area contributed by atoms with Crippen molar-refractivity contribution in [2.24, 2.45) is 0 Å². The highest BCUT2D eigenvalue weighted by Crippen LogP contribution is 2.36. The number of hydrogen-bond donors (Lipinski definition) is 1.